The van der Waals surface area contributed by atoms with Crippen LogP contribution in [0, 0.1) is 11.8 Å². The molecule has 3 N–H and O–H groups in total. The number of nitrogens with zero attached hydrogens (tertiary/aromatic N) is 3. The van der Waals surface area contributed by atoms with Crippen molar-refractivity contribution >= 4 is 23.4 Å². The number of fused-ring (bicyclic) bond motifs is 1. The van der Waals surface area contributed by atoms with Gasteiger partial charge in [0.1, 0.15) is 5.82 Å². The van der Waals surface area contributed by atoms with Crippen molar-refractivity contribution in [3.8, 4) is 0 Å². The lowest BCUT2D eigenvalue weighted by Crippen LogP contribution is -2.26. The lowest BCUT2D eigenvalue weighted by molar-refractivity contribution is 0.533. The molecule has 0 saturated carbocycles. The van der Waals surface area contributed by atoms with E-state index in [1.165, 1.54) is 5.56 Å². The molecule has 2 unspecified atom stereocenters. The highest BCUT2D eigenvalue weighted by molar-refractivity contribution is 6.30. The molecule has 0 bridgehead atoms. The third-order valence-electron chi connectivity index (χ3n) is 4.79. The van der Waals surface area contributed by atoms with Gasteiger partial charge in [-0.3, -0.25) is 0 Å². The molecule has 3 heterocycles. The first-order valence-electron chi connectivity index (χ1n) is 8.01. The average molecular weight is 330 g/mol. The molecule has 4 rings (SSSR count). The Morgan fingerprint density at radius 1 is 1.13 bits per heavy atom. The van der Waals surface area contributed by atoms with Crippen LogP contribution in [0.5, 0.6) is 0 Å². The highest BCUT2D eigenvalue weighted by Gasteiger charge is 2.36. The highest BCUT2D eigenvalue weighted by atomic mass is 35.5. The predicted molar refractivity (Wildman–Crippen MR) is 92.8 cm³/mol. The maximum atomic E-state index is 5.94. The summed E-state index contributed by atoms with van der Waals surface area (Å²) in [6, 6.07) is 9.91. The third-order valence-corrected chi connectivity index (χ3v) is 5.05. The van der Waals surface area contributed by atoms with Crippen LogP contribution < -0.4 is 16.0 Å². The van der Waals surface area contributed by atoms with Crippen molar-refractivity contribution in [3.63, 3.8) is 0 Å². The van der Waals surface area contributed by atoms with E-state index in [0.29, 0.717) is 5.95 Å². The van der Waals surface area contributed by atoms with Gasteiger partial charge in [-0.05, 0) is 29.5 Å². The minimum atomic E-state index is 0.349. The number of rotatable bonds is 3. The first kappa shape index (κ1) is 14.7. The van der Waals surface area contributed by atoms with Gasteiger partial charge in [0.05, 0.1) is 5.69 Å². The van der Waals surface area contributed by atoms with Crippen LogP contribution in [0.2, 0.25) is 5.02 Å². The van der Waals surface area contributed by atoms with Crippen LogP contribution in [0.1, 0.15) is 11.3 Å². The van der Waals surface area contributed by atoms with Gasteiger partial charge >= 0.3 is 0 Å². The Morgan fingerprint density at radius 3 is 2.52 bits per heavy atom. The molecule has 23 heavy (non-hydrogen) atoms. The summed E-state index contributed by atoms with van der Waals surface area (Å²) in [5.41, 5.74) is 8.05. The van der Waals surface area contributed by atoms with Crippen LogP contribution in [-0.4, -0.2) is 36.1 Å². The first-order valence-corrected chi connectivity index (χ1v) is 8.39. The van der Waals surface area contributed by atoms with Gasteiger partial charge < -0.3 is 16.0 Å². The summed E-state index contributed by atoms with van der Waals surface area (Å²) in [6.45, 7) is 4.32. The van der Waals surface area contributed by atoms with Gasteiger partial charge in [0.25, 0.3) is 0 Å². The van der Waals surface area contributed by atoms with E-state index < -0.39 is 0 Å². The van der Waals surface area contributed by atoms with Crippen molar-refractivity contribution in [3.05, 3.63) is 46.6 Å². The quantitative estimate of drug-likeness (QED) is 0.901. The Labute approximate surface area is 140 Å². The number of hydrogen-bond acceptors (Lipinski definition) is 5. The summed E-state index contributed by atoms with van der Waals surface area (Å²) in [6.07, 6.45) is 0.735. The Hall–Kier alpha value is -1.85. The Kier molecular flexibility index (Phi) is 3.83. The van der Waals surface area contributed by atoms with Crippen molar-refractivity contribution < 1.29 is 0 Å². The summed E-state index contributed by atoms with van der Waals surface area (Å²) in [4.78, 5) is 11.2. The molecule has 5 nitrogen and oxygen atoms in total. The fourth-order valence-electron chi connectivity index (χ4n) is 3.61. The minimum absolute atomic E-state index is 0.349. The molecule has 6 heteroatoms. The summed E-state index contributed by atoms with van der Waals surface area (Å²) in [5, 5.41) is 4.21. The molecule has 0 amide bonds. The smallest absolute Gasteiger partial charge is 0.222 e. The molecule has 0 spiro atoms. The summed E-state index contributed by atoms with van der Waals surface area (Å²) in [7, 11) is 0. The van der Waals surface area contributed by atoms with E-state index in [1.54, 1.807) is 0 Å². The maximum absolute atomic E-state index is 5.94. The van der Waals surface area contributed by atoms with Crippen LogP contribution in [0.15, 0.2) is 30.3 Å². The van der Waals surface area contributed by atoms with Gasteiger partial charge in [-0.1, -0.05) is 23.7 Å². The Morgan fingerprint density at radius 2 is 1.83 bits per heavy atom. The molecule has 1 aromatic carbocycles. The molecule has 120 valence electrons. The predicted octanol–water partition coefficient (Wildman–Crippen LogP) is 1.96. The second-order valence-corrected chi connectivity index (χ2v) is 6.90. The number of aromatic nitrogens is 2. The zero-order valence-corrected chi connectivity index (χ0v) is 13.6. The highest BCUT2D eigenvalue weighted by Crippen LogP contribution is 2.30. The van der Waals surface area contributed by atoms with E-state index >= 15 is 0 Å². The van der Waals surface area contributed by atoms with Crippen molar-refractivity contribution in [2.45, 2.75) is 6.42 Å². The van der Waals surface area contributed by atoms with Gasteiger partial charge in [0.2, 0.25) is 5.95 Å². The van der Waals surface area contributed by atoms with E-state index in [1.807, 2.05) is 24.3 Å². The van der Waals surface area contributed by atoms with Crippen LogP contribution >= 0.6 is 11.6 Å². The van der Waals surface area contributed by atoms with Crippen molar-refractivity contribution in [2.75, 3.05) is 36.8 Å². The molecule has 0 aliphatic carbocycles. The fraction of sp³-hybridized carbons (Fsp3) is 0.412. The molecular weight excluding hydrogens is 310 g/mol. The van der Waals surface area contributed by atoms with Crippen molar-refractivity contribution in [1.29, 1.82) is 0 Å². The van der Waals surface area contributed by atoms with E-state index in [2.05, 4.69) is 26.3 Å². The van der Waals surface area contributed by atoms with Crippen molar-refractivity contribution in [2.24, 2.45) is 11.8 Å². The van der Waals surface area contributed by atoms with Crippen LogP contribution in [0.25, 0.3) is 0 Å². The number of nitrogen functional groups attached to an aromatic ring is 1. The average Bonchev–Trinajstić information content (AvgIpc) is 3.10. The Balaban J connectivity index is 1.55. The van der Waals surface area contributed by atoms with E-state index in [-0.39, 0.29) is 0 Å². The van der Waals surface area contributed by atoms with E-state index in [4.69, 9.17) is 17.3 Å². The van der Waals surface area contributed by atoms with Gasteiger partial charge in [0, 0.05) is 43.7 Å². The zero-order chi connectivity index (χ0) is 15.8. The van der Waals surface area contributed by atoms with Gasteiger partial charge in [-0.2, -0.15) is 4.98 Å². The fourth-order valence-corrected chi connectivity index (χ4v) is 3.74. The number of halogens is 1. The first-order chi connectivity index (χ1) is 11.2. The molecule has 2 atom stereocenters. The maximum Gasteiger partial charge on any atom is 0.222 e. The number of hydrogen-bond donors (Lipinski definition) is 2. The van der Waals surface area contributed by atoms with Gasteiger partial charge in [0.15, 0.2) is 0 Å². The molecule has 2 fully saturated rings. The summed E-state index contributed by atoms with van der Waals surface area (Å²) in [5.74, 6) is 2.76. The molecule has 0 radical (unpaired) electrons. The largest absolute Gasteiger partial charge is 0.368 e. The molecular formula is C17H20ClN5. The van der Waals surface area contributed by atoms with E-state index in [9.17, 15) is 0 Å². The summed E-state index contributed by atoms with van der Waals surface area (Å²) >= 11 is 5.94. The third kappa shape index (κ3) is 3.12. The molecule has 2 aliphatic rings. The lowest BCUT2D eigenvalue weighted by Gasteiger charge is -2.19. The number of nitrogens with two attached hydrogens (primary N) is 1. The van der Waals surface area contributed by atoms with E-state index in [0.717, 1.165) is 61.0 Å². The second kappa shape index (κ2) is 5.98. The second-order valence-electron chi connectivity index (χ2n) is 6.46. The number of benzene rings is 1. The van der Waals surface area contributed by atoms with Gasteiger partial charge in [-0.15, -0.1) is 0 Å². The topological polar surface area (TPSA) is 67.1 Å². The SMILES string of the molecule is Nc1nc(Cc2ccc(Cl)cc2)cc(N2CC3CNCC3C2)n1. The van der Waals surface area contributed by atoms with Crippen LogP contribution in [0.3, 0.4) is 0 Å². The zero-order valence-electron chi connectivity index (χ0n) is 12.9. The number of anilines is 2. The molecule has 2 aliphatic heterocycles. The van der Waals surface area contributed by atoms with Crippen LogP contribution in [-0.2, 0) is 6.42 Å². The number of nitrogens with one attached hydrogen (secondary N) is 1. The standard InChI is InChI=1S/C17H20ClN5/c18-14-3-1-11(2-4-14)5-15-6-16(22-17(19)21-15)23-9-12-7-20-8-13(12)10-23/h1-4,6,12-13,20H,5,7-10H2,(H2,19,21,22). The monoisotopic (exact) mass is 329 g/mol. The summed E-state index contributed by atoms with van der Waals surface area (Å²) < 4.78 is 0. The van der Waals surface area contributed by atoms with Crippen molar-refractivity contribution in [1.82, 2.24) is 15.3 Å². The minimum Gasteiger partial charge on any atom is -0.368 e. The lowest BCUT2D eigenvalue weighted by atomic mass is 10.0. The molecule has 2 aromatic rings. The van der Waals surface area contributed by atoms with Gasteiger partial charge in [-0.25, -0.2) is 4.98 Å². The normalized spacial score (nSPS) is 23.3. The van der Waals surface area contributed by atoms with Crippen LogP contribution in [0.4, 0.5) is 11.8 Å². The Bertz CT molecular complexity index is 691. The molecule has 2 saturated heterocycles. The molecule has 1 aromatic heterocycles.